The lowest BCUT2D eigenvalue weighted by Gasteiger charge is -2.21. The van der Waals surface area contributed by atoms with Gasteiger partial charge in [-0.1, -0.05) is 57.4 Å². The molecule has 0 aromatic heterocycles. The van der Waals surface area contributed by atoms with E-state index in [-0.39, 0.29) is 6.04 Å². The van der Waals surface area contributed by atoms with Gasteiger partial charge < -0.3 is 5.73 Å². The molecule has 2 N–H and O–H groups in total. The van der Waals surface area contributed by atoms with Gasteiger partial charge in [0.15, 0.2) is 0 Å². The maximum atomic E-state index is 6.20. The van der Waals surface area contributed by atoms with Crippen LogP contribution >= 0.6 is 27.7 Å². The second-order valence-electron chi connectivity index (χ2n) is 5.64. The molecule has 0 aliphatic carbocycles. The second kappa shape index (κ2) is 7.48. The Morgan fingerprint density at radius 3 is 2.14 bits per heavy atom. The minimum absolute atomic E-state index is 0.127. The minimum Gasteiger partial charge on any atom is -0.327 e. The third-order valence-electron chi connectivity index (χ3n) is 3.39. The fourth-order valence-corrected chi connectivity index (χ4v) is 4.00. The summed E-state index contributed by atoms with van der Waals surface area (Å²) in [6.45, 7) is 6.39. The minimum atomic E-state index is 0.127. The zero-order valence-electron chi connectivity index (χ0n) is 12.8. The Kier molecular flexibility index (Phi) is 5.91. The van der Waals surface area contributed by atoms with E-state index in [0.29, 0.717) is 5.25 Å². The molecule has 2 rings (SSSR count). The summed E-state index contributed by atoms with van der Waals surface area (Å²) < 4.78 is 1.11. The van der Waals surface area contributed by atoms with E-state index in [1.54, 1.807) is 0 Å². The molecular formula is C18H22BrNS. The van der Waals surface area contributed by atoms with E-state index in [4.69, 9.17) is 5.73 Å². The summed E-state index contributed by atoms with van der Waals surface area (Å²) in [5.41, 5.74) is 11.5. The van der Waals surface area contributed by atoms with Crippen molar-refractivity contribution in [3.05, 3.63) is 69.2 Å². The number of hydrogen-bond acceptors (Lipinski definition) is 2. The van der Waals surface area contributed by atoms with Gasteiger partial charge in [0.1, 0.15) is 0 Å². The lowest BCUT2D eigenvalue weighted by molar-refractivity contribution is 0.721. The van der Waals surface area contributed by atoms with Crippen molar-refractivity contribution in [2.75, 3.05) is 0 Å². The zero-order chi connectivity index (χ0) is 15.4. The van der Waals surface area contributed by atoms with Gasteiger partial charge in [-0.2, -0.15) is 0 Å². The summed E-state index contributed by atoms with van der Waals surface area (Å²) >= 11 is 5.40. The SMILES string of the molecule is Cc1cc(C)cc(CSC(c2ccc(Br)cc2)C(C)N)c1. The lowest BCUT2D eigenvalue weighted by atomic mass is 10.1. The molecule has 2 aromatic carbocycles. The topological polar surface area (TPSA) is 26.0 Å². The number of hydrogen-bond donors (Lipinski definition) is 1. The van der Waals surface area contributed by atoms with Crippen molar-refractivity contribution >= 4 is 27.7 Å². The second-order valence-corrected chi connectivity index (χ2v) is 7.68. The number of nitrogens with two attached hydrogens (primary N) is 1. The summed E-state index contributed by atoms with van der Waals surface area (Å²) in [7, 11) is 0. The molecule has 0 heterocycles. The molecule has 0 saturated carbocycles. The first-order valence-corrected chi connectivity index (χ1v) is 8.99. The quantitative estimate of drug-likeness (QED) is 0.770. The van der Waals surface area contributed by atoms with E-state index in [9.17, 15) is 0 Å². The van der Waals surface area contributed by atoms with Crippen molar-refractivity contribution in [3.8, 4) is 0 Å². The Balaban J connectivity index is 2.11. The predicted molar refractivity (Wildman–Crippen MR) is 97.7 cm³/mol. The van der Waals surface area contributed by atoms with E-state index >= 15 is 0 Å². The number of benzene rings is 2. The Bertz CT molecular complexity index is 572. The van der Waals surface area contributed by atoms with E-state index in [2.05, 4.69) is 79.2 Å². The fourth-order valence-electron chi connectivity index (χ4n) is 2.54. The molecule has 0 saturated heterocycles. The van der Waals surface area contributed by atoms with Gasteiger partial charge in [-0.15, -0.1) is 11.8 Å². The molecule has 112 valence electrons. The van der Waals surface area contributed by atoms with Crippen molar-refractivity contribution in [1.82, 2.24) is 0 Å². The highest BCUT2D eigenvalue weighted by molar-refractivity contribution is 9.10. The van der Waals surface area contributed by atoms with Crippen molar-refractivity contribution in [2.45, 2.75) is 37.8 Å². The zero-order valence-corrected chi connectivity index (χ0v) is 15.2. The average molecular weight is 364 g/mol. The van der Waals surface area contributed by atoms with Gasteiger partial charge in [0.05, 0.1) is 0 Å². The lowest BCUT2D eigenvalue weighted by Crippen LogP contribution is -2.22. The summed E-state index contributed by atoms with van der Waals surface area (Å²) in [6, 6.07) is 15.4. The predicted octanol–water partition coefficient (Wildman–Crippen LogP) is 5.39. The van der Waals surface area contributed by atoms with E-state index in [1.165, 1.54) is 22.3 Å². The van der Waals surface area contributed by atoms with E-state index in [1.807, 2.05) is 11.8 Å². The summed E-state index contributed by atoms with van der Waals surface area (Å²) in [6.07, 6.45) is 0. The van der Waals surface area contributed by atoms with Crippen LogP contribution in [0.4, 0.5) is 0 Å². The maximum Gasteiger partial charge on any atom is 0.0448 e. The number of halogens is 1. The third kappa shape index (κ3) is 4.87. The van der Waals surface area contributed by atoms with Crippen LogP contribution < -0.4 is 5.73 Å². The number of rotatable bonds is 5. The summed E-state index contributed by atoms with van der Waals surface area (Å²) in [4.78, 5) is 0. The first-order valence-electron chi connectivity index (χ1n) is 7.15. The molecular weight excluding hydrogens is 342 g/mol. The molecule has 3 heteroatoms. The van der Waals surface area contributed by atoms with E-state index < -0.39 is 0 Å². The van der Waals surface area contributed by atoms with Crippen LogP contribution in [0.5, 0.6) is 0 Å². The Labute approximate surface area is 140 Å². The normalized spacial score (nSPS) is 14.0. The molecule has 1 nitrogen and oxygen atoms in total. The molecule has 2 unspecified atom stereocenters. The standard InChI is InChI=1S/C18H22BrNS/c1-12-8-13(2)10-15(9-12)11-21-18(14(3)20)16-4-6-17(19)7-5-16/h4-10,14,18H,11,20H2,1-3H3. The Morgan fingerprint density at radius 2 is 1.62 bits per heavy atom. The van der Waals surface area contributed by atoms with Gasteiger partial charge in [0.2, 0.25) is 0 Å². The highest BCUT2D eigenvalue weighted by Gasteiger charge is 2.17. The van der Waals surface area contributed by atoms with Crippen LogP contribution in [0.15, 0.2) is 46.9 Å². The summed E-state index contributed by atoms with van der Waals surface area (Å²) in [5.74, 6) is 0.991. The van der Waals surface area contributed by atoms with Crippen LogP contribution in [0.25, 0.3) is 0 Å². The van der Waals surface area contributed by atoms with Crippen LogP contribution in [0, 0.1) is 13.8 Å². The van der Waals surface area contributed by atoms with Crippen LogP contribution in [0.2, 0.25) is 0 Å². The first-order chi connectivity index (χ1) is 9.95. The van der Waals surface area contributed by atoms with Gasteiger partial charge in [0, 0.05) is 21.5 Å². The van der Waals surface area contributed by atoms with Gasteiger partial charge in [0.25, 0.3) is 0 Å². The molecule has 2 aromatic rings. The van der Waals surface area contributed by atoms with Crippen LogP contribution in [0.3, 0.4) is 0 Å². The number of thioether (sulfide) groups is 1. The molecule has 0 radical (unpaired) electrons. The molecule has 0 aliphatic rings. The first kappa shape index (κ1) is 16.6. The molecule has 0 bridgehead atoms. The van der Waals surface area contributed by atoms with Gasteiger partial charge in [-0.25, -0.2) is 0 Å². The summed E-state index contributed by atoms with van der Waals surface area (Å²) in [5, 5.41) is 0.318. The van der Waals surface area contributed by atoms with Crippen LogP contribution in [-0.4, -0.2) is 6.04 Å². The molecule has 0 fully saturated rings. The monoisotopic (exact) mass is 363 g/mol. The molecule has 2 atom stereocenters. The molecule has 0 spiro atoms. The third-order valence-corrected chi connectivity index (χ3v) is 5.48. The van der Waals surface area contributed by atoms with Crippen LogP contribution in [0.1, 0.15) is 34.4 Å². The van der Waals surface area contributed by atoms with Crippen molar-refractivity contribution in [1.29, 1.82) is 0 Å². The molecule has 0 aliphatic heterocycles. The van der Waals surface area contributed by atoms with Crippen molar-refractivity contribution < 1.29 is 0 Å². The van der Waals surface area contributed by atoms with Crippen molar-refractivity contribution in [3.63, 3.8) is 0 Å². The van der Waals surface area contributed by atoms with Crippen molar-refractivity contribution in [2.24, 2.45) is 5.73 Å². The van der Waals surface area contributed by atoms with E-state index in [0.717, 1.165) is 10.2 Å². The maximum absolute atomic E-state index is 6.20. The number of aryl methyl sites for hydroxylation is 2. The Hall–Kier alpha value is -0.770. The van der Waals surface area contributed by atoms with Gasteiger partial charge in [-0.05, 0) is 44.0 Å². The van der Waals surface area contributed by atoms with Crippen LogP contribution in [-0.2, 0) is 5.75 Å². The largest absolute Gasteiger partial charge is 0.327 e. The molecule has 21 heavy (non-hydrogen) atoms. The highest BCUT2D eigenvalue weighted by Crippen LogP contribution is 2.34. The fraction of sp³-hybridized carbons (Fsp3) is 0.333. The molecule has 0 amide bonds. The van der Waals surface area contributed by atoms with Gasteiger partial charge in [-0.3, -0.25) is 0 Å². The highest BCUT2D eigenvalue weighted by atomic mass is 79.9. The smallest absolute Gasteiger partial charge is 0.0448 e. The van der Waals surface area contributed by atoms with Gasteiger partial charge >= 0.3 is 0 Å². The Morgan fingerprint density at radius 1 is 1.05 bits per heavy atom. The average Bonchev–Trinajstić information content (AvgIpc) is 2.39.